The fraction of sp³-hybridized carbons (Fsp3) is 0.467. The number of ether oxygens (including phenoxy) is 1. The van der Waals surface area contributed by atoms with E-state index in [-0.39, 0.29) is 11.9 Å². The zero-order valence-corrected chi connectivity index (χ0v) is 11.5. The molecule has 5 heteroatoms. The third-order valence-electron chi connectivity index (χ3n) is 4.12. The summed E-state index contributed by atoms with van der Waals surface area (Å²) in [6.45, 7) is 3.27. The molecule has 0 saturated carbocycles. The lowest BCUT2D eigenvalue weighted by atomic mass is 9.84. The quantitative estimate of drug-likeness (QED) is 0.853. The highest BCUT2D eigenvalue weighted by atomic mass is 16.6. The molecule has 0 aliphatic carbocycles. The number of likely N-dealkylation sites (tertiary alicyclic amines) is 1. The summed E-state index contributed by atoms with van der Waals surface area (Å²) >= 11 is 0. The smallest absolute Gasteiger partial charge is 0.409 e. The molecule has 2 aliphatic rings. The number of nitrogens with zero attached hydrogens (tertiary/aromatic N) is 1. The van der Waals surface area contributed by atoms with Crippen molar-refractivity contribution < 1.29 is 14.3 Å². The van der Waals surface area contributed by atoms with Crippen LogP contribution in [-0.4, -0.2) is 42.0 Å². The number of rotatable bonds is 1. The average Bonchev–Trinajstić information content (AvgIpc) is 2.73. The molecular formula is C15H18N2O3. The van der Waals surface area contributed by atoms with Crippen LogP contribution in [0.5, 0.6) is 0 Å². The van der Waals surface area contributed by atoms with E-state index in [1.165, 1.54) is 0 Å². The Bertz CT molecular complexity index is 548. The fourth-order valence-corrected chi connectivity index (χ4v) is 3.00. The van der Waals surface area contributed by atoms with Gasteiger partial charge in [0.25, 0.3) is 0 Å². The molecule has 1 saturated heterocycles. The third-order valence-corrected chi connectivity index (χ3v) is 4.12. The van der Waals surface area contributed by atoms with Gasteiger partial charge in [0.15, 0.2) is 5.78 Å². The second-order valence-corrected chi connectivity index (χ2v) is 5.27. The molecule has 0 unspecified atom stereocenters. The van der Waals surface area contributed by atoms with E-state index in [1.54, 1.807) is 11.8 Å². The van der Waals surface area contributed by atoms with E-state index in [2.05, 4.69) is 5.32 Å². The van der Waals surface area contributed by atoms with Gasteiger partial charge in [0.1, 0.15) is 5.54 Å². The number of Topliss-reactive ketones (excluding diaryl/α,β-unsaturated/α-hetero) is 1. The number of piperidine rings is 1. The second-order valence-electron chi connectivity index (χ2n) is 5.27. The Hall–Kier alpha value is -2.04. The molecule has 5 nitrogen and oxygen atoms in total. The van der Waals surface area contributed by atoms with Gasteiger partial charge in [-0.2, -0.15) is 0 Å². The Morgan fingerprint density at radius 3 is 2.70 bits per heavy atom. The van der Waals surface area contributed by atoms with Crippen molar-refractivity contribution in [3.05, 3.63) is 29.8 Å². The predicted molar refractivity (Wildman–Crippen MR) is 75.0 cm³/mol. The minimum absolute atomic E-state index is 0.150. The standard InChI is InChI=1S/C15H18N2O3/c1-2-20-14(19)17-9-7-15(8-10-17)13(18)11-5-3-4-6-12(11)16-15/h3-6,16H,2,7-10H2,1H3. The lowest BCUT2D eigenvalue weighted by Gasteiger charge is -2.37. The summed E-state index contributed by atoms with van der Waals surface area (Å²) in [6.07, 6.45) is 0.962. The molecule has 20 heavy (non-hydrogen) atoms. The van der Waals surface area contributed by atoms with Crippen LogP contribution in [0.4, 0.5) is 10.5 Å². The van der Waals surface area contributed by atoms with Crippen molar-refractivity contribution in [1.82, 2.24) is 4.90 Å². The summed E-state index contributed by atoms with van der Waals surface area (Å²) in [4.78, 5) is 26.0. The maximum absolute atomic E-state index is 12.6. The molecule has 1 fully saturated rings. The molecule has 0 atom stereocenters. The maximum atomic E-state index is 12.6. The summed E-state index contributed by atoms with van der Waals surface area (Å²) in [6, 6.07) is 7.59. The van der Waals surface area contributed by atoms with Gasteiger partial charge in [-0.1, -0.05) is 12.1 Å². The molecule has 3 rings (SSSR count). The molecule has 0 radical (unpaired) electrons. The summed E-state index contributed by atoms with van der Waals surface area (Å²) in [5.41, 5.74) is 1.13. The minimum Gasteiger partial charge on any atom is -0.450 e. The van der Waals surface area contributed by atoms with Crippen LogP contribution in [0, 0.1) is 0 Å². The zero-order valence-electron chi connectivity index (χ0n) is 11.5. The SMILES string of the molecule is CCOC(=O)N1CCC2(CC1)Nc1ccccc1C2=O. The van der Waals surface area contributed by atoms with Gasteiger partial charge in [0.05, 0.1) is 6.61 Å². The van der Waals surface area contributed by atoms with Gasteiger partial charge in [0, 0.05) is 24.3 Å². The van der Waals surface area contributed by atoms with Crippen LogP contribution in [0.2, 0.25) is 0 Å². The van der Waals surface area contributed by atoms with Gasteiger partial charge in [-0.05, 0) is 31.9 Å². The Kier molecular flexibility index (Phi) is 3.12. The van der Waals surface area contributed by atoms with Gasteiger partial charge in [-0.25, -0.2) is 4.79 Å². The van der Waals surface area contributed by atoms with Crippen LogP contribution in [0.3, 0.4) is 0 Å². The minimum atomic E-state index is -0.535. The lowest BCUT2D eigenvalue weighted by Crippen LogP contribution is -2.52. The van der Waals surface area contributed by atoms with E-state index >= 15 is 0 Å². The average molecular weight is 274 g/mol. The van der Waals surface area contributed by atoms with Crippen molar-refractivity contribution in [1.29, 1.82) is 0 Å². The molecule has 0 aromatic heterocycles. The van der Waals surface area contributed by atoms with Gasteiger partial charge >= 0.3 is 6.09 Å². The molecule has 0 bridgehead atoms. The van der Waals surface area contributed by atoms with Gasteiger partial charge in [0.2, 0.25) is 0 Å². The number of ketones is 1. The van der Waals surface area contributed by atoms with E-state index < -0.39 is 5.54 Å². The molecule has 2 aliphatic heterocycles. The number of hydrogen-bond acceptors (Lipinski definition) is 4. The number of amides is 1. The number of benzene rings is 1. The first kappa shape index (κ1) is 13.0. The summed E-state index contributed by atoms with van der Waals surface area (Å²) < 4.78 is 5.00. The third kappa shape index (κ3) is 1.94. The summed E-state index contributed by atoms with van der Waals surface area (Å²) in [5.74, 6) is 0.150. The Morgan fingerprint density at radius 1 is 1.35 bits per heavy atom. The summed E-state index contributed by atoms with van der Waals surface area (Å²) in [5, 5.41) is 3.36. The van der Waals surface area contributed by atoms with Crippen molar-refractivity contribution in [2.75, 3.05) is 25.0 Å². The highest BCUT2D eigenvalue weighted by molar-refractivity contribution is 6.13. The fourth-order valence-electron chi connectivity index (χ4n) is 3.00. The second kappa shape index (κ2) is 4.81. The number of hydrogen-bond donors (Lipinski definition) is 1. The van der Waals surface area contributed by atoms with Gasteiger partial charge in [-0.3, -0.25) is 4.79 Å². The maximum Gasteiger partial charge on any atom is 0.409 e. The first-order valence-corrected chi connectivity index (χ1v) is 7.00. The number of fused-ring (bicyclic) bond motifs is 1. The molecule has 2 heterocycles. The van der Waals surface area contributed by atoms with E-state index in [0.717, 1.165) is 11.3 Å². The van der Waals surface area contributed by atoms with Crippen molar-refractivity contribution in [2.45, 2.75) is 25.3 Å². The van der Waals surface area contributed by atoms with E-state index in [1.807, 2.05) is 24.3 Å². The number of para-hydroxylation sites is 1. The first-order valence-electron chi connectivity index (χ1n) is 7.00. The van der Waals surface area contributed by atoms with E-state index in [4.69, 9.17) is 4.74 Å². The van der Waals surface area contributed by atoms with Crippen LogP contribution in [0.15, 0.2) is 24.3 Å². The molecule has 106 valence electrons. The number of anilines is 1. The van der Waals surface area contributed by atoms with E-state index in [0.29, 0.717) is 32.5 Å². The molecule has 1 N–H and O–H groups in total. The highest BCUT2D eigenvalue weighted by Crippen LogP contribution is 2.38. The van der Waals surface area contributed by atoms with Crippen LogP contribution in [0.1, 0.15) is 30.1 Å². The molecule has 1 aromatic carbocycles. The zero-order chi connectivity index (χ0) is 14.2. The summed E-state index contributed by atoms with van der Waals surface area (Å²) in [7, 11) is 0. The van der Waals surface area contributed by atoms with Crippen molar-refractivity contribution in [3.8, 4) is 0 Å². The van der Waals surface area contributed by atoms with Crippen molar-refractivity contribution >= 4 is 17.6 Å². The topological polar surface area (TPSA) is 58.6 Å². The monoisotopic (exact) mass is 274 g/mol. The Balaban J connectivity index is 1.73. The number of nitrogens with one attached hydrogen (secondary N) is 1. The van der Waals surface area contributed by atoms with Crippen LogP contribution < -0.4 is 5.32 Å². The van der Waals surface area contributed by atoms with Crippen LogP contribution in [0.25, 0.3) is 0 Å². The Labute approximate surface area is 117 Å². The number of carbonyl (C=O) groups excluding carboxylic acids is 2. The number of carbonyl (C=O) groups is 2. The Morgan fingerprint density at radius 2 is 2.05 bits per heavy atom. The highest BCUT2D eigenvalue weighted by Gasteiger charge is 2.47. The van der Waals surface area contributed by atoms with Crippen molar-refractivity contribution in [2.24, 2.45) is 0 Å². The molecule has 1 amide bonds. The predicted octanol–water partition coefficient (Wildman–Crippen LogP) is 2.29. The van der Waals surface area contributed by atoms with Gasteiger partial charge < -0.3 is 15.0 Å². The first-order chi connectivity index (χ1) is 9.66. The van der Waals surface area contributed by atoms with Crippen LogP contribution >= 0.6 is 0 Å². The normalized spacial score (nSPS) is 19.6. The largest absolute Gasteiger partial charge is 0.450 e. The molecular weight excluding hydrogens is 256 g/mol. The van der Waals surface area contributed by atoms with Crippen molar-refractivity contribution in [3.63, 3.8) is 0 Å². The van der Waals surface area contributed by atoms with E-state index in [9.17, 15) is 9.59 Å². The van der Waals surface area contributed by atoms with Gasteiger partial charge in [-0.15, -0.1) is 0 Å². The van der Waals surface area contributed by atoms with Crippen LogP contribution in [-0.2, 0) is 4.74 Å². The molecule has 1 spiro atoms. The lowest BCUT2D eigenvalue weighted by molar-refractivity contribution is 0.0743. The molecule has 1 aromatic rings.